The molecule has 0 bridgehead atoms. The fourth-order valence-electron chi connectivity index (χ4n) is 3.53. The summed E-state index contributed by atoms with van der Waals surface area (Å²) in [6.45, 7) is -0.253. The van der Waals surface area contributed by atoms with Gasteiger partial charge in [-0.15, -0.1) is 0 Å². The van der Waals surface area contributed by atoms with Gasteiger partial charge in [0.2, 0.25) is 0 Å². The van der Waals surface area contributed by atoms with E-state index in [0.29, 0.717) is 28.1 Å². The lowest BCUT2D eigenvalue weighted by molar-refractivity contribution is -0.139. The number of anilines is 1. The number of carbonyl (C=O) groups excluding carboxylic acids is 1. The van der Waals surface area contributed by atoms with Crippen molar-refractivity contribution in [1.29, 1.82) is 0 Å². The van der Waals surface area contributed by atoms with Gasteiger partial charge >= 0.3 is 12.1 Å². The minimum absolute atomic E-state index is 0.115. The number of amides is 1. The molecule has 3 aromatic carbocycles. The molecule has 1 heterocycles. The number of halogens is 4. The Bertz CT molecular complexity index is 1240. The molecule has 0 radical (unpaired) electrons. The van der Waals surface area contributed by atoms with Gasteiger partial charge in [-0.2, -0.15) is 13.2 Å². The zero-order valence-corrected chi connectivity index (χ0v) is 18.2. The molecular formula is C24H17ClF3NO5. The highest BCUT2D eigenvalue weighted by Crippen LogP contribution is 2.36. The van der Waals surface area contributed by atoms with Crippen LogP contribution in [0.2, 0.25) is 5.02 Å². The zero-order valence-electron chi connectivity index (χ0n) is 17.4. The van der Waals surface area contributed by atoms with Crippen molar-refractivity contribution in [3.63, 3.8) is 0 Å². The lowest BCUT2D eigenvalue weighted by atomic mass is 10.1. The molecule has 1 N–H and O–H groups in total. The van der Waals surface area contributed by atoms with Gasteiger partial charge in [0.1, 0.15) is 18.1 Å². The molecule has 1 aliphatic heterocycles. The first-order chi connectivity index (χ1) is 16.1. The second kappa shape index (κ2) is 9.26. The number of ether oxygens (including phenoxy) is 2. The normalized spacial score (nSPS) is 13.1. The molecule has 0 saturated carbocycles. The van der Waals surface area contributed by atoms with Crippen LogP contribution in [0.5, 0.6) is 11.5 Å². The van der Waals surface area contributed by atoms with Gasteiger partial charge in [0.25, 0.3) is 5.91 Å². The number of rotatable bonds is 7. The molecule has 0 unspecified atom stereocenters. The summed E-state index contributed by atoms with van der Waals surface area (Å²) >= 11 is 6.14. The molecule has 1 amide bonds. The van der Waals surface area contributed by atoms with Crippen LogP contribution in [0, 0.1) is 0 Å². The SMILES string of the molecule is O=C(O)COc1ccc(COc2cccc3c2CN(c2ccc(C(F)(F)F)cc2)C3=O)cc1Cl. The maximum absolute atomic E-state index is 12.9. The molecule has 0 atom stereocenters. The van der Waals surface area contributed by atoms with Crippen LogP contribution in [0.25, 0.3) is 0 Å². The first-order valence-corrected chi connectivity index (χ1v) is 10.4. The third kappa shape index (κ3) is 4.94. The van der Waals surface area contributed by atoms with Crippen LogP contribution in [0.15, 0.2) is 60.7 Å². The zero-order chi connectivity index (χ0) is 24.5. The number of carboxylic acids is 1. The average Bonchev–Trinajstić information content (AvgIpc) is 3.13. The molecule has 3 aromatic rings. The lowest BCUT2D eigenvalue weighted by Crippen LogP contribution is -2.23. The molecule has 0 saturated heterocycles. The molecule has 0 aromatic heterocycles. The van der Waals surface area contributed by atoms with Gasteiger partial charge < -0.3 is 19.5 Å². The maximum atomic E-state index is 12.9. The lowest BCUT2D eigenvalue weighted by Gasteiger charge is -2.17. The largest absolute Gasteiger partial charge is 0.489 e. The number of carbonyl (C=O) groups is 2. The van der Waals surface area contributed by atoms with E-state index in [1.807, 2.05) is 0 Å². The Labute approximate surface area is 197 Å². The number of fused-ring (bicyclic) bond motifs is 1. The highest BCUT2D eigenvalue weighted by molar-refractivity contribution is 6.32. The predicted molar refractivity (Wildman–Crippen MR) is 117 cm³/mol. The van der Waals surface area contributed by atoms with Crippen LogP contribution < -0.4 is 14.4 Å². The Morgan fingerprint density at radius 3 is 2.41 bits per heavy atom. The monoisotopic (exact) mass is 491 g/mol. The molecule has 0 spiro atoms. The molecule has 0 fully saturated rings. The first kappa shape index (κ1) is 23.4. The van der Waals surface area contributed by atoms with E-state index in [1.165, 1.54) is 23.1 Å². The molecule has 0 aliphatic carbocycles. The second-order valence-electron chi connectivity index (χ2n) is 7.45. The summed E-state index contributed by atoms with van der Waals surface area (Å²) in [5.74, 6) is -0.765. The van der Waals surface area contributed by atoms with Crippen molar-refractivity contribution >= 4 is 29.2 Å². The van der Waals surface area contributed by atoms with Crippen molar-refractivity contribution in [2.75, 3.05) is 11.5 Å². The molecule has 176 valence electrons. The third-order valence-corrected chi connectivity index (χ3v) is 5.47. The number of aliphatic carboxylic acids is 1. The number of hydrogen-bond donors (Lipinski definition) is 1. The summed E-state index contributed by atoms with van der Waals surface area (Å²) < 4.78 is 49.5. The van der Waals surface area contributed by atoms with Gasteiger partial charge in [-0.3, -0.25) is 4.79 Å². The fourth-order valence-corrected chi connectivity index (χ4v) is 3.79. The molecule has 4 rings (SSSR count). The smallest absolute Gasteiger partial charge is 0.416 e. The Morgan fingerprint density at radius 1 is 1.03 bits per heavy atom. The van der Waals surface area contributed by atoms with Crippen molar-refractivity contribution in [2.24, 2.45) is 0 Å². The van der Waals surface area contributed by atoms with Crippen LogP contribution in [0.1, 0.15) is 27.0 Å². The Kier molecular flexibility index (Phi) is 6.39. The van der Waals surface area contributed by atoms with Gasteiger partial charge in [-0.05, 0) is 54.1 Å². The summed E-state index contributed by atoms with van der Waals surface area (Å²) in [6.07, 6.45) is -4.46. The average molecular weight is 492 g/mol. The maximum Gasteiger partial charge on any atom is 0.416 e. The summed E-state index contributed by atoms with van der Waals surface area (Å²) in [7, 11) is 0. The van der Waals surface area contributed by atoms with E-state index in [-0.39, 0.29) is 29.8 Å². The standard InChI is InChI=1S/C24H17ClF3NO5/c25-19-10-14(4-9-21(19)34-13-22(30)31)12-33-20-3-1-2-17-18(20)11-29(23(17)32)16-7-5-15(6-8-16)24(26,27)28/h1-10H,11-13H2,(H,30,31). The highest BCUT2D eigenvalue weighted by atomic mass is 35.5. The summed E-state index contributed by atoms with van der Waals surface area (Å²) in [6, 6.07) is 14.2. The molecular weight excluding hydrogens is 475 g/mol. The van der Waals surface area contributed by atoms with E-state index in [1.54, 1.807) is 30.3 Å². The molecule has 34 heavy (non-hydrogen) atoms. The minimum Gasteiger partial charge on any atom is -0.489 e. The quantitative estimate of drug-likeness (QED) is 0.468. The van der Waals surface area contributed by atoms with E-state index >= 15 is 0 Å². The van der Waals surface area contributed by atoms with E-state index in [2.05, 4.69) is 0 Å². The molecule has 10 heteroatoms. The van der Waals surface area contributed by atoms with Crippen LogP contribution in [-0.4, -0.2) is 23.6 Å². The number of benzene rings is 3. The number of alkyl halides is 3. The third-order valence-electron chi connectivity index (χ3n) is 5.17. The van der Waals surface area contributed by atoms with Gasteiger partial charge in [0.05, 0.1) is 17.1 Å². The topological polar surface area (TPSA) is 76.1 Å². The van der Waals surface area contributed by atoms with Crippen LogP contribution in [-0.2, 0) is 24.1 Å². The van der Waals surface area contributed by atoms with Crippen molar-refractivity contribution in [3.05, 3.63) is 87.9 Å². The fraction of sp³-hybridized carbons (Fsp3) is 0.167. The van der Waals surface area contributed by atoms with Gasteiger partial charge in [0.15, 0.2) is 6.61 Å². The van der Waals surface area contributed by atoms with Gasteiger partial charge in [-0.25, -0.2) is 4.79 Å². The summed E-state index contributed by atoms with van der Waals surface area (Å²) in [5.41, 5.74) is 1.29. The summed E-state index contributed by atoms with van der Waals surface area (Å²) in [4.78, 5) is 24.9. The number of carboxylic acid groups (broad SMARTS) is 1. The van der Waals surface area contributed by atoms with Crippen molar-refractivity contribution in [3.8, 4) is 11.5 Å². The van der Waals surface area contributed by atoms with Crippen LogP contribution in [0.4, 0.5) is 18.9 Å². The Morgan fingerprint density at radius 2 is 1.76 bits per heavy atom. The van der Waals surface area contributed by atoms with Gasteiger partial charge in [0, 0.05) is 16.8 Å². The molecule has 6 nitrogen and oxygen atoms in total. The van der Waals surface area contributed by atoms with E-state index in [0.717, 1.165) is 12.1 Å². The number of nitrogens with zero attached hydrogens (tertiary/aromatic N) is 1. The highest BCUT2D eigenvalue weighted by Gasteiger charge is 2.33. The molecule has 1 aliphatic rings. The van der Waals surface area contributed by atoms with E-state index < -0.39 is 24.3 Å². The Hall–Kier alpha value is -3.72. The minimum atomic E-state index is -4.46. The van der Waals surface area contributed by atoms with Crippen molar-refractivity contribution in [1.82, 2.24) is 0 Å². The van der Waals surface area contributed by atoms with Crippen molar-refractivity contribution < 1.29 is 37.3 Å². The predicted octanol–water partition coefficient (Wildman–Crippen LogP) is 5.56. The first-order valence-electron chi connectivity index (χ1n) is 10.0. The summed E-state index contributed by atoms with van der Waals surface area (Å²) in [5, 5.41) is 8.93. The van der Waals surface area contributed by atoms with Gasteiger partial charge in [-0.1, -0.05) is 23.7 Å². The van der Waals surface area contributed by atoms with Crippen molar-refractivity contribution in [2.45, 2.75) is 19.3 Å². The van der Waals surface area contributed by atoms with Crippen LogP contribution in [0.3, 0.4) is 0 Å². The van der Waals surface area contributed by atoms with E-state index in [9.17, 15) is 22.8 Å². The van der Waals surface area contributed by atoms with Crippen LogP contribution >= 0.6 is 11.6 Å². The van der Waals surface area contributed by atoms with E-state index in [4.69, 9.17) is 26.2 Å². The number of hydrogen-bond acceptors (Lipinski definition) is 4. The second-order valence-corrected chi connectivity index (χ2v) is 7.86. The Balaban J connectivity index is 1.48.